The maximum absolute atomic E-state index is 6.30. The van der Waals surface area contributed by atoms with Crippen LogP contribution in [0.2, 0.25) is 0 Å². The molecule has 0 bridgehead atoms. The first kappa shape index (κ1) is 19.3. The number of anilines is 2. The molecule has 0 saturated heterocycles. The zero-order chi connectivity index (χ0) is 18.4. The molecular formula is C22H32N2O. The van der Waals surface area contributed by atoms with E-state index in [0.29, 0.717) is 5.92 Å². The molecular weight excluding hydrogens is 308 g/mol. The summed E-state index contributed by atoms with van der Waals surface area (Å²) < 4.78 is 6.30. The maximum Gasteiger partial charge on any atom is 0.108 e. The maximum atomic E-state index is 6.30. The largest absolute Gasteiger partial charge is 0.378 e. The molecule has 136 valence electrons. The van der Waals surface area contributed by atoms with Crippen molar-refractivity contribution in [3.63, 3.8) is 0 Å². The van der Waals surface area contributed by atoms with E-state index in [-0.39, 0.29) is 6.10 Å². The molecule has 2 aromatic rings. The zero-order valence-electron chi connectivity index (χ0n) is 16.5. The van der Waals surface area contributed by atoms with Gasteiger partial charge in [0.25, 0.3) is 0 Å². The number of nitrogens with zero attached hydrogens (tertiary/aromatic N) is 2. The zero-order valence-corrected chi connectivity index (χ0v) is 16.5. The smallest absolute Gasteiger partial charge is 0.108 e. The molecule has 0 aliphatic rings. The normalized spacial score (nSPS) is 11.2. The lowest BCUT2D eigenvalue weighted by atomic mass is 10.00. The van der Waals surface area contributed by atoms with Gasteiger partial charge in [-0.2, -0.15) is 0 Å². The third-order valence-electron chi connectivity index (χ3n) is 4.40. The molecule has 0 aliphatic heterocycles. The van der Waals surface area contributed by atoms with Crippen LogP contribution in [0, 0.1) is 5.92 Å². The van der Waals surface area contributed by atoms with E-state index in [4.69, 9.17) is 4.74 Å². The van der Waals surface area contributed by atoms with E-state index in [9.17, 15) is 0 Å². The Morgan fingerprint density at radius 1 is 0.720 bits per heavy atom. The van der Waals surface area contributed by atoms with Crippen LogP contribution in [0.4, 0.5) is 11.4 Å². The Bertz CT molecular complexity index is 579. The van der Waals surface area contributed by atoms with Gasteiger partial charge in [-0.25, -0.2) is 0 Å². The summed E-state index contributed by atoms with van der Waals surface area (Å²) in [5, 5.41) is 0. The van der Waals surface area contributed by atoms with Crippen molar-refractivity contribution >= 4 is 11.4 Å². The topological polar surface area (TPSA) is 15.7 Å². The second-order valence-corrected chi connectivity index (χ2v) is 7.41. The molecule has 0 saturated carbocycles. The standard InChI is InChI=1S/C22H32N2O/c1-17(2)15-16-25-22(18-7-11-20(12-8-18)23(3)4)19-9-13-21(14-10-19)24(5)6/h7-14,17,22H,15-16H2,1-6H3. The molecule has 0 aromatic heterocycles. The Hall–Kier alpha value is -2.00. The van der Waals surface area contributed by atoms with Gasteiger partial charge in [0.2, 0.25) is 0 Å². The van der Waals surface area contributed by atoms with Gasteiger partial charge in [-0.15, -0.1) is 0 Å². The molecule has 0 fully saturated rings. The van der Waals surface area contributed by atoms with E-state index in [1.54, 1.807) is 0 Å². The molecule has 0 spiro atoms. The average Bonchev–Trinajstić information content (AvgIpc) is 2.59. The number of hydrogen-bond acceptors (Lipinski definition) is 3. The molecule has 0 radical (unpaired) electrons. The highest BCUT2D eigenvalue weighted by Crippen LogP contribution is 2.29. The van der Waals surface area contributed by atoms with Gasteiger partial charge in [0, 0.05) is 46.2 Å². The molecule has 25 heavy (non-hydrogen) atoms. The molecule has 0 aliphatic carbocycles. The van der Waals surface area contributed by atoms with Gasteiger partial charge >= 0.3 is 0 Å². The first-order valence-electron chi connectivity index (χ1n) is 9.04. The fourth-order valence-corrected chi connectivity index (χ4v) is 2.70. The fourth-order valence-electron chi connectivity index (χ4n) is 2.70. The lowest BCUT2D eigenvalue weighted by Gasteiger charge is -2.22. The van der Waals surface area contributed by atoms with E-state index in [1.165, 1.54) is 22.5 Å². The minimum atomic E-state index is -0.0221. The molecule has 3 nitrogen and oxygen atoms in total. The molecule has 2 aromatic carbocycles. The predicted molar refractivity (Wildman–Crippen MR) is 109 cm³/mol. The summed E-state index contributed by atoms with van der Waals surface area (Å²) in [5.41, 5.74) is 4.80. The van der Waals surface area contributed by atoms with Gasteiger partial charge in [-0.05, 0) is 47.7 Å². The summed E-state index contributed by atoms with van der Waals surface area (Å²) in [6, 6.07) is 17.3. The van der Waals surface area contributed by atoms with Gasteiger partial charge in [0.1, 0.15) is 6.10 Å². The third kappa shape index (κ3) is 5.50. The van der Waals surface area contributed by atoms with E-state index < -0.39 is 0 Å². The molecule has 3 heteroatoms. The first-order chi connectivity index (χ1) is 11.9. The van der Waals surface area contributed by atoms with E-state index in [1.807, 2.05) is 0 Å². The summed E-state index contributed by atoms with van der Waals surface area (Å²) in [7, 11) is 8.24. The van der Waals surface area contributed by atoms with Gasteiger partial charge in [-0.3, -0.25) is 0 Å². The van der Waals surface area contributed by atoms with Crippen LogP contribution in [0.1, 0.15) is 37.5 Å². The second kappa shape index (κ2) is 8.91. The number of benzene rings is 2. The van der Waals surface area contributed by atoms with Crippen LogP contribution in [0.25, 0.3) is 0 Å². The van der Waals surface area contributed by atoms with Crippen LogP contribution in [0.15, 0.2) is 48.5 Å². The van der Waals surface area contributed by atoms with Crippen LogP contribution >= 0.6 is 0 Å². The van der Waals surface area contributed by atoms with Crippen molar-refractivity contribution in [3.8, 4) is 0 Å². The Morgan fingerprint density at radius 3 is 1.44 bits per heavy atom. The van der Waals surface area contributed by atoms with E-state index >= 15 is 0 Å². The number of hydrogen-bond donors (Lipinski definition) is 0. The van der Waals surface area contributed by atoms with Crippen LogP contribution < -0.4 is 9.80 Å². The highest BCUT2D eigenvalue weighted by molar-refractivity contribution is 5.49. The first-order valence-corrected chi connectivity index (χ1v) is 9.04. The minimum absolute atomic E-state index is 0.0221. The minimum Gasteiger partial charge on any atom is -0.378 e. The van der Waals surface area contributed by atoms with Crippen molar-refractivity contribution in [3.05, 3.63) is 59.7 Å². The SMILES string of the molecule is CC(C)CCOC(c1ccc(N(C)C)cc1)c1ccc(N(C)C)cc1. The third-order valence-corrected chi connectivity index (χ3v) is 4.40. The number of ether oxygens (including phenoxy) is 1. The second-order valence-electron chi connectivity index (χ2n) is 7.41. The Kier molecular flexibility index (Phi) is 6.89. The van der Waals surface area contributed by atoms with Crippen molar-refractivity contribution in [1.82, 2.24) is 0 Å². The summed E-state index contributed by atoms with van der Waals surface area (Å²) in [6.07, 6.45) is 1.05. The molecule has 0 amide bonds. The van der Waals surface area contributed by atoms with E-state index in [0.717, 1.165) is 13.0 Å². The monoisotopic (exact) mass is 340 g/mol. The summed E-state index contributed by atoms with van der Waals surface area (Å²) in [4.78, 5) is 4.23. The lowest BCUT2D eigenvalue weighted by molar-refractivity contribution is 0.0720. The molecule has 0 unspecified atom stereocenters. The van der Waals surface area contributed by atoms with Gasteiger partial charge in [0.15, 0.2) is 0 Å². The Labute approximate surface area is 153 Å². The summed E-state index contributed by atoms with van der Waals surface area (Å²) in [5.74, 6) is 0.646. The predicted octanol–water partition coefficient (Wildman–Crippen LogP) is 4.97. The number of rotatable bonds is 8. The Morgan fingerprint density at radius 2 is 1.12 bits per heavy atom. The summed E-state index contributed by atoms with van der Waals surface area (Å²) in [6.45, 7) is 5.24. The van der Waals surface area contributed by atoms with Crippen molar-refractivity contribution in [2.45, 2.75) is 26.4 Å². The van der Waals surface area contributed by atoms with Crippen molar-refractivity contribution in [2.75, 3.05) is 44.6 Å². The Balaban J connectivity index is 2.25. The van der Waals surface area contributed by atoms with Crippen molar-refractivity contribution < 1.29 is 4.74 Å². The molecule has 0 atom stereocenters. The van der Waals surface area contributed by atoms with Gasteiger partial charge in [-0.1, -0.05) is 38.1 Å². The lowest BCUT2D eigenvalue weighted by Crippen LogP contribution is -2.12. The van der Waals surface area contributed by atoms with Gasteiger partial charge in [0.05, 0.1) is 0 Å². The quantitative estimate of drug-likeness (QED) is 0.675. The molecule has 2 rings (SSSR count). The van der Waals surface area contributed by atoms with Crippen LogP contribution in [-0.4, -0.2) is 34.8 Å². The molecule has 0 N–H and O–H groups in total. The van der Waals surface area contributed by atoms with Crippen LogP contribution in [0.5, 0.6) is 0 Å². The fraction of sp³-hybridized carbons (Fsp3) is 0.455. The summed E-state index contributed by atoms with van der Waals surface area (Å²) >= 11 is 0. The van der Waals surface area contributed by atoms with Crippen molar-refractivity contribution in [2.24, 2.45) is 5.92 Å². The average molecular weight is 341 g/mol. The van der Waals surface area contributed by atoms with Crippen LogP contribution in [0.3, 0.4) is 0 Å². The highest BCUT2D eigenvalue weighted by Gasteiger charge is 2.15. The van der Waals surface area contributed by atoms with Crippen LogP contribution in [-0.2, 0) is 4.74 Å². The van der Waals surface area contributed by atoms with Crippen molar-refractivity contribution in [1.29, 1.82) is 0 Å². The van der Waals surface area contributed by atoms with Gasteiger partial charge < -0.3 is 14.5 Å². The van der Waals surface area contributed by atoms with E-state index in [2.05, 4.69) is 100 Å². The highest BCUT2D eigenvalue weighted by atomic mass is 16.5. The molecule has 0 heterocycles.